The lowest BCUT2D eigenvalue weighted by Crippen LogP contribution is -2.34. The molecule has 2 nitrogen and oxygen atoms in total. The van der Waals surface area contributed by atoms with Crippen molar-refractivity contribution in [1.29, 1.82) is 0 Å². The number of rotatable bonds is 3. The topological polar surface area (TPSA) is 18.5 Å². The van der Waals surface area contributed by atoms with Gasteiger partial charge in [0, 0.05) is 0 Å². The van der Waals surface area contributed by atoms with Gasteiger partial charge >= 0.3 is 0 Å². The maximum absolute atomic E-state index is 6.06. The van der Waals surface area contributed by atoms with Gasteiger partial charge in [-0.2, -0.15) is 0 Å². The molecule has 0 aromatic heterocycles. The highest BCUT2D eigenvalue weighted by atomic mass is 16.5. The molecule has 5 atom stereocenters. The van der Waals surface area contributed by atoms with Crippen LogP contribution in [0.4, 0.5) is 0 Å². The molecule has 2 saturated heterocycles. The first kappa shape index (κ1) is 11.6. The van der Waals surface area contributed by atoms with E-state index in [0.29, 0.717) is 12.2 Å². The lowest BCUT2D eigenvalue weighted by Gasteiger charge is -2.36. The molecule has 0 aromatic carbocycles. The van der Waals surface area contributed by atoms with Gasteiger partial charge in [0.25, 0.3) is 0 Å². The van der Waals surface area contributed by atoms with E-state index < -0.39 is 0 Å². The molecule has 3 aliphatic rings. The Hall–Kier alpha value is -0.500. The molecule has 3 fully saturated rings. The maximum Gasteiger partial charge on any atom is 0.0901 e. The van der Waals surface area contributed by atoms with Gasteiger partial charge in [-0.3, -0.25) is 0 Å². The van der Waals surface area contributed by atoms with Crippen molar-refractivity contribution < 1.29 is 9.47 Å². The lowest BCUT2D eigenvalue weighted by atomic mass is 9.68. The SMILES string of the molecule is CC(C)=COCC1CCC2C3CCC(O3)C2C1. The zero-order valence-corrected chi connectivity index (χ0v) is 11.0. The molecule has 1 aliphatic carbocycles. The van der Waals surface area contributed by atoms with Crippen LogP contribution >= 0.6 is 0 Å². The van der Waals surface area contributed by atoms with E-state index in [1.807, 2.05) is 6.26 Å². The average molecular weight is 236 g/mol. The average Bonchev–Trinajstić information content (AvgIpc) is 2.89. The molecule has 2 bridgehead atoms. The van der Waals surface area contributed by atoms with Gasteiger partial charge in [0.2, 0.25) is 0 Å². The summed E-state index contributed by atoms with van der Waals surface area (Å²) in [5.41, 5.74) is 1.25. The molecule has 5 unspecified atom stereocenters. The molecule has 3 rings (SSSR count). The van der Waals surface area contributed by atoms with Crippen molar-refractivity contribution in [2.24, 2.45) is 17.8 Å². The largest absolute Gasteiger partial charge is 0.501 e. The second kappa shape index (κ2) is 4.64. The van der Waals surface area contributed by atoms with Crippen molar-refractivity contribution in [1.82, 2.24) is 0 Å². The van der Waals surface area contributed by atoms with E-state index in [1.165, 1.54) is 37.7 Å². The molecule has 1 saturated carbocycles. The van der Waals surface area contributed by atoms with E-state index in [9.17, 15) is 0 Å². The van der Waals surface area contributed by atoms with Crippen LogP contribution in [0.1, 0.15) is 46.0 Å². The van der Waals surface area contributed by atoms with E-state index in [2.05, 4.69) is 13.8 Å². The normalized spacial score (nSPS) is 43.3. The smallest absolute Gasteiger partial charge is 0.0901 e. The zero-order valence-electron chi connectivity index (χ0n) is 11.0. The molecule has 2 heterocycles. The maximum atomic E-state index is 6.06. The predicted octanol–water partition coefficient (Wildman–Crippen LogP) is 3.52. The Labute approximate surface area is 104 Å². The summed E-state index contributed by atoms with van der Waals surface area (Å²) in [5, 5.41) is 0. The fraction of sp³-hybridized carbons (Fsp3) is 0.867. The summed E-state index contributed by atoms with van der Waals surface area (Å²) >= 11 is 0. The van der Waals surface area contributed by atoms with Gasteiger partial charge in [-0.1, -0.05) is 0 Å². The first-order chi connectivity index (χ1) is 8.24. The van der Waals surface area contributed by atoms with Crippen molar-refractivity contribution in [3.8, 4) is 0 Å². The Kier molecular flexibility index (Phi) is 3.16. The zero-order chi connectivity index (χ0) is 11.8. The second-order valence-corrected chi connectivity index (χ2v) is 6.33. The van der Waals surface area contributed by atoms with Gasteiger partial charge in [0.1, 0.15) is 0 Å². The van der Waals surface area contributed by atoms with Gasteiger partial charge < -0.3 is 9.47 Å². The van der Waals surface area contributed by atoms with Crippen LogP contribution in [0, 0.1) is 17.8 Å². The van der Waals surface area contributed by atoms with Crippen molar-refractivity contribution in [3.63, 3.8) is 0 Å². The van der Waals surface area contributed by atoms with Crippen LogP contribution in [0.3, 0.4) is 0 Å². The Morgan fingerprint density at radius 3 is 2.65 bits per heavy atom. The minimum absolute atomic E-state index is 0.594. The van der Waals surface area contributed by atoms with Crippen molar-refractivity contribution in [2.75, 3.05) is 6.61 Å². The molecule has 96 valence electrons. The summed E-state index contributed by atoms with van der Waals surface area (Å²) in [5.74, 6) is 2.49. The summed E-state index contributed by atoms with van der Waals surface area (Å²) in [6.07, 6.45) is 9.80. The molecule has 2 aliphatic heterocycles. The summed E-state index contributed by atoms with van der Waals surface area (Å²) in [4.78, 5) is 0. The molecular weight excluding hydrogens is 212 g/mol. The van der Waals surface area contributed by atoms with E-state index in [-0.39, 0.29) is 0 Å². The minimum Gasteiger partial charge on any atom is -0.501 e. The molecular formula is C15H24O2. The van der Waals surface area contributed by atoms with E-state index in [0.717, 1.165) is 24.4 Å². The van der Waals surface area contributed by atoms with E-state index in [1.54, 1.807) is 0 Å². The predicted molar refractivity (Wildman–Crippen MR) is 67.6 cm³/mol. The third-order valence-corrected chi connectivity index (χ3v) is 4.76. The fourth-order valence-corrected chi connectivity index (χ4v) is 4.03. The summed E-state index contributed by atoms with van der Waals surface area (Å²) in [6.45, 7) is 5.08. The Balaban J connectivity index is 1.52. The fourth-order valence-electron chi connectivity index (χ4n) is 4.03. The summed E-state index contributed by atoms with van der Waals surface area (Å²) in [7, 11) is 0. The third-order valence-electron chi connectivity index (χ3n) is 4.76. The van der Waals surface area contributed by atoms with Crippen LogP contribution in [0.5, 0.6) is 0 Å². The lowest BCUT2D eigenvalue weighted by molar-refractivity contribution is 0.0848. The van der Waals surface area contributed by atoms with Gasteiger partial charge in [0.15, 0.2) is 0 Å². The molecule has 0 amide bonds. The highest BCUT2D eigenvalue weighted by molar-refractivity contribution is 4.99. The van der Waals surface area contributed by atoms with Gasteiger partial charge in [-0.25, -0.2) is 0 Å². The van der Waals surface area contributed by atoms with Crippen molar-refractivity contribution in [3.05, 3.63) is 11.8 Å². The van der Waals surface area contributed by atoms with Gasteiger partial charge in [-0.15, -0.1) is 0 Å². The van der Waals surface area contributed by atoms with E-state index in [4.69, 9.17) is 9.47 Å². The highest BCUT2D eigenvalue weighted by Gasteiger charge is 2.50. The first-order valence-electron chi connectivity index (χ1n) is 7.14. The van der Waals surface area contributed by atoms with Crippen LogP contribution in [-0.2, 0) is 9.47 Å². The summed E-state index contributed by atoms with van der Waals surface area (Å²) in [6, 6.07) is 0. The molecule has 0 aromatic rings. The van der Waals surface area contributed by atoms with Gasteiger partial charge in [-0.05, 0) is 69.3 Å². The Morgan fingerprint density at radius 2 is 1.88 bits per heavy atom. The summed E-state index contributed by atoms with van der Waals surface area (Å²) < 4.78 is 11.7. The minimum atomic E-state index is 0.594. The Bertz CT molecular complexity index is 306. The molecule has 2 heteroatoms. The van der Waals surface area contributed by atoms with Crippen LogP contribution in [-0.4, -0.2) is 18.8 Å². The molecule has 0 radical (unpaired) electrons. The number of allylic oxidation sites excluding steroid dienone is 1. The van der Waals surface area contributed by atoms with Crippen LogP contribution in [0.2, 0.25) is 0 Å². The van der Waals surface area contributed by atoms with Gasteiger partial charge in [0.05, 0.1) is 25.1 Å². The number of ether oxygens (including phenoxy) is 2. The van der Waals surface area contributed by atoms with Crippen molar-refractivity contribution in [2.45, 2.75) is 58.2 Å². The van der Waals surface area contributed by atoms with Crippen molar-refractivity contribution >= 4 is 0 Å². The monoisotopic (exact) mass is 236 g/mol. The quantitative estimate of drug-likeness (QED) is 0.698. The van der Waals surface area contributed by atoms with Crippen LogP contribution < -0.4 is 0 Å². The molecule has 0 spiro atoms. The first-order valence-corrected chi connectivity index (χ1v) is 7.14. The Morgan fingerprint density at radius 1 is 1.12 bits per heavy atom. The number of hydrogen-bond donors (Lipinski definition) is 0. The number of fused-ring (bicyclic) bond motifs is 5. The third kappa shape index (κ3) is 2.24. The number of hydrogen-bond acceptors (Lipinski definition) is 2. The second-order valence-electron chi connectivity index (χ2n) is 6.33. The van der Waals surface area contributed by atoms with Crippen LogP contribution in [0.25, 0.3) is 0 Å². The highest BCUT2D eigenvalue weighted by Crippen LogP contribution is 2.51. The standard InChI is InChI=1S/C15H24O2/c1-10(2)8-16-9-11-3-4-12-13(7-11)15-6-5-14(12)17-15/h8,11-15H,3-7,9H2,1-2H3. The molecule has 17 heavy (non-hydrogen) atoms. The molecule has 0 N–H and O–H groups in total. The van der Waals surface area contributed by atoms with Crippen LogP contribution in [0.15, 0.2) is 11.8 Å². The van der Waals surface area contributed by atoms with E-state index >= 15 is 0 Å².